The van der Waals surface area contributed by atoms with Crippen molar-refractivity contribution >= 4 is 0 Å². The van der Waals surface area contributed by atoms with Gasteiger partial charge in [0.2, 0.25) is 0 Å². The molecule has 31 heavy (non-hydrogen) atoms. The molecule has 0 heterocycles. The van der Waals surface area contributed by atoms with Gasteiger partial charge in [-0.25, -0.2) is 0 Å². The summed E-state index contributed by atoms with van der Waals surface area (Å²) in [6.07, 6.45) is 12.1. The van der Waals surface area contributed by atoms with Gasteiger partial charge in [-0.1, -0.05) is 76.6 Å². The summed E-state index contributed by atoms with van der Waals surface area (Å²) in [5.74, 6) is 2.08. The number of aliphatic hydroxyl groups excluding tert-OH is 1. The van der Waals surface area contributed by atoms with Crippen molar-refractivity contribution < 1.29 is 5.11 Å². The topological polar surface area (TPSA) is 20.2 Å². The molecule has 6 atom stereocenters. The van der Waals surface area contributed by atoms with Crippen LogP contribution in [-0.4, -0.2) is 11.2 Å². The molecule has 0 saturated heterocycles. The number of fused-ring (bicyclic) bond motifs is 4. The van der Waals surface area contributed by atoms with Crippen molar-refractivity contribution in [1.29, 1.82) is 0 Å². The summed E-state index contributed by atoms with van der Waals surface area (Å²) >= 11 is 0. The molecule has 1 aromatic rings. The van der Waals surface area contributed by atoms with Crippen LogP contribution in [0.5, 0.6) is 0 Å². The van der Waals surface area contributed by atoms with E-state index < -0.39 is 0 Å². The zero-order valence-electron chi connectivity index (χ0n) is 20.4. The van der Waals surface area contributed by atoms with Gasteiger partial charge in [0.05, 0.1) is 6.10 Å². The Kier molecular flexibility index (Phi) is 5.09. The average Bonchev–Trinajstić information content (AvgIpc) is 3.09. The zero-order chi connectivity index (χ0) is 22.0. The van der Waals surface area contributed by atoms with Crippen LogP contribution >= 0.6 is 0 Å². The van der Waals surface area contributed by atoms with Crippen LogP contribution < -0.4 is 0 Å². The summed E-state index contributed by atoms with van der Waals surface area (Å²) < 4.78 is 0. The fourth-order valence-corrected chi connectivity index (χ4v) is 8.70. The van der Waals surface area contributed by atoms with Crippen LogP contribution in [0.3, 0.4) is 0 Å². The molecule has 0 aromatic heterocycles. The van der Waals surface area contributed by atoms with E-state index in [4.69, 9.17) is 0 Å². The smallest absolute Gasteiger partial charge is 0.0594 e. The van der Waals surface area contributed by atoms with Crippen molar-refractivity contribution in [2.45, 2.75) is 92.1 Å². The molecular formula is C30H42O. The molecule has 4 aliphatic carbocycles. The van der Waals surface area contributed by atoms with E-state index in [1.807, 2.05) is 0 Å². The lowest BCUT2D eigenvalue weighted by atomic mass is 9.46. The molecular weight excluding hydrogens is 376 g/mol. The molecule has 1 N–H and O–H groups in total. The maximum Gasteiger partial charge on any atom is 0.0594 e. The van der Waals surface area contributed by atoms with Crippen LogP contribution in [0.25, 0.3) is 0 Å². The normalized spacial score (nSPS) is 39.9. The minimum atomic E-state index is -0.143. The largest absolute Gasteiger partial charge is 0.393 e. The fourth-order valence-electron chi connectivity index (χ4n) is 8.70. The Morgan fingerprint density at radius 3 is 2.45 bits per heavy atom. The fraction of sp³-hybridized carbons (Fsp3) is 0.667. The highest BCUT2D eigenvalue weighted by atomic mass is 16.3. The minimum absolute atomic E-state index is 0.0308. The highest BCUT2D eigenvalue weighted by Crippen LogP contribution is 2.66. The first-order valence-corrected chi connectivity index (χ1v) is 12.8. The summed E-state index contributed by atoms with van der Waals surface area (Å²) in [6.45, 7) is 12.3. The lowest BCUT2D eigenvalue weighted by Crippen LogP contribution is -2.53. The molecule has 1 heteroatoms. The third-order valence-electron chi connectivity index (χ3n) is 10.5. The summed E-state index contributed by atoms with van der Waals surface area (Å²) in [4.78, 5) is 0. The van der Waals surface area contributed by atoms with Crippen LogP contribution in [0.2, 0.25) is 0 Å². The Bertz CT molecular complexity index is 906. The molecule has 5 rings (SSSR count). The summed E-state index contributed by atoms with van der Waals surface area (Å²) in [7, 11) is 0. The Morgan fingerprint density at radius 1 is 0.968 bits per heavy atom. The number of benzene rings is 1. The molecule has 0 radical (unpaired) electrons. The van der Waals surface area contributed by atoms with Gasteiger partial charge in [0.15, 0.2) is 0 Å². The molecule has 1 aromatic carbocycles. The highest BCUT2D eigenvalue weighted by Gasteiger charge is 2.57. The number of aliphatic hydroxyl groups is 1. The van der Waals surface area contributed by atoms with Gasteiger partial charge in [-0.2, -0.15) is 0 Å². The Balaban J connectivity index is 1.44. The Morgan fingerprint density at radius 2 is 1.71 bits per heavy atom. The van der Waals surface area contributed by atoms with E-state index in [1.165, 1.54) is 50.5 Å². The lowest BCUT2D eigenvalue weighted by molar-refractivity contribution is -0.0905. The second-order valence-electron chi connectivity index (χ2n) is 12.4. The van der Waals surface area contributed by atoms with Crippen molar-refractivity contribution in [1.82, 2.24) is 0 Å². The second kappa shape index (κ2) is 7.34. The van der Waals surface area contributed by atoms with Gasteiger partial charge in [0.1, 0.15) is 0 Å². The average molecular weight is 419 g/mol. The first-order valence-electron chi connectivity index (χ1n) is 12.8. The quantitative estimate of drug-likeness (QED) is 0.538. The van der Waals surface area contributed by atoms with E-state index in [1.54, 1.807) is 16.7 Å². The standard InChI is InChI=1S/C30H42O/c1-20(19-21-9-7-6-8-10-21)23-12-13-24-22-11-14-26-28(2,3)27(31)16-18-30(26,5)25(22)15-17-29(23,24)4/h6-10,13,20,23,26-27,31H,11-12,14-19H2,1-5H3. The Hall–Kier alpha value is -1.34. The summed E-state index contributed by atoms with van der Waals surface area (Å²) in [5, 5.41) is 10.8. The maximum atomic E-state index is 10.8. The molecule has 168 valence electrons. The third-order valence-corrected chi connectivity index (χ3v) is 10.5. The van der Waals surface area contributed by atoms with Crippen LogP contribution in [-0.2, 0) is 6.42 Å². The predicted molar refractivity (Wildman–Crippen MR) is 130 cm³/mol. The predicted octanol–water partition coefficient (Wildman–Crippen LogP) is 7.51. The van der Waals surface area contributed by atoms with Gasteiger partial charge in [0.25, 0.3) is 0 Å². The number of allylic oxidation sites excluding steroid dienone is 4. The maximum absolute atomic E-state index is 10.8. The van der Waals surface area contributed by atoms with Gasteiger partial charge in [-0.3, -0.25) is 0 Å². The van der Waals surface area contributed by atoms with Crippen molar-refractivity contribution in [3.05, 3.63) is 58.7 Å². The second-order valence-corrected chi connectivity index (χ2v) is 12.4. The van der Waals surface area contributed by atoms with Gasteiger partial charge in [-0.05, 0) is 102 Å². The van der Waals surface area contributed by atoms with Crippen molar-refractivity contribution in [2.75, 3.05) is 0 Å². The molecule has 4 aliphatic rings. The minimum Gasteiger partial charge on any atom is -0.393 e. The number of hydrogen-bond acceptors (Lipinski definition) is 1. The van der Waals surface area contributed by atoms with Gasteiger partial charge >= 0.3 is 0 Å². The van der Waals surface area contributed by atoms with E-state index in [0.29, 0.717) is 17.3 Å². The first kappa shape index (κ1) is 21.5. The molecule has 0 aliphatic heterocycles. The first-order chi connectivity index (χ1) is 14.7. The molecule has 0 bridgehead atoms. The van der Waals surface area contributed by atoms with E-state index in [9.17, 15) is 5.11 Å². The van der Waals surface area contributed by atoms with Gasteiger partial charge in [0, 0.05) is 0 Å². The van der Waals surface area contributed by atoms with Crippen LogP contribution in [0.1, 0.15) is 85.1 Å². The van der Waals surface area contributed by atoms with Crippen molar-refractivity contribution in [3.8, 4) is 0 Å². The monoisotopic (exact) mass is 418 g/mol. The van der Waals surface area contributed by atoms with Crippen LogP contribution in [0.15, 0.2) is 53.1 Å². The Labute approximate surface area is 190 Å². The zero-order valence-corrected chi connectivity index (χ0v) is 20.4. The number of rotatable bonds is 3. The van der Waals surface area contributed by atoms with E-state index in [2.05, 4.69) is 71.0 Å². The van der Waals surface area contributed by atoms with Crippen molar-refractivity contribution in [2.24, 2.45) is 34.0 Å². The lowest BCUT2D eigenvalue weighted by Gasteiger charge is -2.59. The molecule has 1 nitrogen and oxygen atoms in total. The van der Waals surface area contributed by atoms with E-state index in [0.717, 1.165) is 12.3 Å². The van der Waals surface area contributed by atoms with Gasteiger partial charge < -0.3 is 5.11 Å². The molecule has 6 unspecified atom stereocenters. The SMILES string of the molecule is CC(Cc1ccccc1)C1CC=C2C3=C(CCC21C)C1(C)CCC(O)C(C)(C)C1CC3. The van der Waals surface area contributed by atoms with E-state index in [-0.39, 0.29) is 16.9 Å². The third kappa shape index (κ3) is 3.13. The van der Waals surface area contributed by atoms with E-state index >= 15 is 0 Å². The summed E-state index contributed by atoms with van der Waals surface area (Å²) in [5.41, 5.74) is 7.40. The molecule has 1 saturated carbocycles. The molecule has 0 spiro atoms. The van der Waals surface area contributed by atoms with Crippen LogP contribution in [0, 0.1) is 34.0 Å². The summed E-state index contributed by atoms with van der Waals surface area (Å²) in [6, 6.07) is 11.1. The molecule has 0 amide bonds. The van der Waals surface area contributed by atoms with Crippen LogP contribution in [0.4, 0.5) is 0 Å². The number of hydrogen-bond donors (Lipinski definition) is 1. The van der Waals surface area contributed by atoms with Crippen molar-refractivity contribution in [3.63, 3.8) is 0 Å². The molecule has 1 fully saturated rings. The van der Waals surface area contributed by atoms with Gasteiger partial charge in [-0.15, -0.1) is 0 Å². The highest BCUT2D eigenvalue weighted by molar-refractivity contribution is 5.50.